The summed E-state index contributed by atoms with van der Waals surface area (Å²) >= 11 is 1.60. The largest absolute Gasteiger partial charge is 0.349 e. The molecule has 0 bridgehead atoms. The molecular formula is C21H23N3OS. The number of amides is 1. The Hall–Kier alpha value is -2.27. The molecule has 1 aliphatic carbocycles. The van der Waals surface area contributed by atoms with Crippen LogP contribution >= 0.6 is 11.8 Å². The summed E-state index contributed by atoms with van der Waals surface area (Å²) in [6, 6.07) is 12.4. The number of rotatable bonds is 6. The molecule has 2 heterocycles. The van der Waals surface area contributed by atoms with Crippen molar-refractivity contribution in [3.63, 3.8) is 0 Å². The molecule has 134 valence electrons. The molecule has 0 aliphatic heterocycles. The van der Waals surface area contributed by atoms with Crippen LogP contribution in [-0.2, 0) is 11.8 Å². The topological polar surface area (TPSA) is 46.9 Å². The first-order chi connectivity index (χ1) is 12.6. The Bertz CT molecular complexity index is 945. The van der Waals surface area contributed by atoms with Gasteiger partial charge in [-0.3, -0.25) is 9.78 Å². The third-order valence-corrected chi connectivity index (χ3v) is 5.93. The average Bonchev–Trinajstić information content (AvgIpc) is 3.43. The molecule has 5 heteroatoms. The molecule has 1 aromatic carbocycles. The standard InChI is InChI=1S/C21H23N3OS/c1-14-9-10-22-17(11-14)21(15-7-8-15)23-20(25)13-26-19-12-24(2)18-6-4-3-5-16(18)19/h3-6,9-12,15,21H,7-8,13H2,1-2H3,(H,23,25)/t21-/m1/s1. The van der Waals surface area contributed by atoms with Gasteiger partial charge in [0.05, 0.1) is 17.5 Å². The van der Waals surface area contributed by atoms with E-state index in [2.05, 4.69) is 46.2 Å². The molecule has 1 aliphatic rings. The fraction of sp³-hybridized carbons (Fsp3) is 0.333. The fourth-order valence-corrected chi connectivity index (χ4v) is 4.30. The van der Waals surface area contributed by atoms with E-state index in [1.807, 2.05) is 31.4 Å². The van der Waals surface area contributed by atoms with Gasteiger partial charge in [0.15, 0.2) is 0 Å². The normalized spacial score (nSPS) is 15.2. The number of aromatic nitrogens is 2. The number of thioether (sulfide) groups is 1. The third kappa shape index (κ3) is 3.63. The van der Waals surface area contributed by atoms with Crippen LogP contribution in [0.25, 0.3) is 10.9 Å². The summed E-state index contributed by atoms with van der Waals surface area (Å²) in [5, 5.41) is 4.42. The van der Waals surface area contributed by atoms with E-state index in [0.717, 1.165) is 23.4 Å². The van der Waals surface area contributed by atoms with E-state index >= 15 is 0 Å². The van der Waals surface area contributed by atoms with Crippen LogP contribution in [0.5, 0.6) is 0 Å². The van der Waals surface area contributed by atoms with Gasteiger partial charge in [-0.25, -0.2) is 0 Å². The molecule has 1 atom stereocenters. The van der Waals surface area contributed by atoms with Crippen LogP contribution in [0, 0.1) is 12.8 Å². The maximum Gasteiger partial charge on any atom is 0.230 e. The highest BCUT2D eigenvalue weighted by Crippen LogP contribution is 2.40. The van der Waals surface area contributed by atoms with Crippen molar-refractivity contribution >= 4 is 28.6 Å². The van der Waals surface area contributed by atoms with Gasteiger partial charge in [0.25, 0.3) is 0 Å². The van der Waals surface area contributed by atoms with E-state index in [1.54, 1.807) is 11.8 Å². The van der Waals surface area contributed by atoms with Gasteiger partial charge in [-0.1, -0.05) is 18.2 Å². The predicted molar refractivity (Wildman–Crippen MR) is 106 cm³/mol. The lowest BCUT2D eigenvalue weighted by Crippen LogP contribution is -2.31. The van der Waals surface area contributed by atoms with Crippen molar-refractivity contribution in [2.24, 2.45) is 13.0 Å². The molecule has 1 fully saturated rings. The van der Waals surface area contributed by atoms with E-state index < -0.39 is 0 Å². The number of aryl methyl sites for hydroxylation is 2. The van der Waals surface area contributed by atoms with Gasteiger partial charge in [-0.2, -0.15) is 0 Å². The Morgan fingerprint density at radius 1 is 1.35 bits per heavy atom. The molecule has 4 rings (SSSR count). The smallest absolute Gasteiger partial charge is 0.230 e. The SMILES string of the molecule is Cc1ccnc([C@H](NC(=O)CSc2cn(C)c3ccccc23)C2CC2)c1. The first-order valence-corrected chi connectivity index (χ1v) is 9.99. The van der Waals surface area contributed by atoms with Crippen LogP contribution < -0.4 is 5.32 Å². The Kier molecular flexibility index (Phi) is 4.72. The number of hydrogen-bond donors (Lipinski definition) is 1. The summed E-state index contributed by atoms with van der Waals surface area (Å²) in [6.07, 6.45) is 6.26. The highest BCUT2D eigenvalue weighted by atomic mass is 32.2. The maximum atomic E-state index is 12.6. The van der Waals surface area contributed by atoms with E-state index in [9.17, 15) is 4.79 Å². The lowest BCUT2D eigenvalue weighted by atomic mass is 10.1. The molecule has 4 nitrogen and oxygen atoms in total. The van der Waals surface area contributed by atoms with Crippen molar-refractivity contribution in [2.75, 3.05) is 5.75 Å². The minimum atomic E-state index is 0.0375. The Morgan fingerprint density at radius 3 is 2.92 bits per heavy atom. The number of nitrogens with one attached hydrogen (secondary N) is 1. The van der Waals surface area contributed by atoms with Gasteiger partial charge in [-0.15, -0.1) is 11.8 Å². The summed E-state index contributed by atoms with van der Waals surface area (Å²) in [5.41, 5.74) is 3.35. The number of para-hydroxylation sites is 1. The van der Waals surface area contributed by atoms with E-state index in [4.69, 9.17) is 0 Å². The molecule has 0 saturated heterocycles. The van der Waals surface area contributed by atoms with Gasteiger partial charge in [0.2, 0.25) is 5.91 Å². The van der Waals surface area contributed by atoms with Crippen molar-refractivity contribution in [3.8, 4) is 0 Å². The second-order valence-corrected chi connectivity index (χ2v) is 8.07. The van der Waals surface area contributed by atoms with E-state index in [-0.39, 0.29) is 11.9 Å². The minimum Gasteiger partial charge on any atom is -0.349 e. The molecule has 1 amide bonds. The van der Waals surface area contributed by atoms with Crippen molar-refractivity contribution in [2.45, 2.75) is 30.7 Å². The summed E-state index contributed by atoms with van der Waals surface area (Å²) in [5.74, 6) is 1.02. The lowest BCUT2D eigenvalue weighted by molar-refractivity contribution is -0.119. The first-order valence-electron chi connectivity index (χ1n) is 9.00. The molecule has 26 heavy (non-hydrogen) atoms. The zero-order valence-electron chi connectivity index (χ0n) is 15.1. The zero-order chi connectivity index (χ0) is 18.1. The van der Waals surface area contributed by atoms with Crippen LogP contribution in [-0.4, -0.2) is 21.2 Å². The summed E-state index contributed by atoms with van der Waals surface area (Å²) in [7, 11) is 2.04. The number of benzene rings is 1. The molecule has 2 aromatic heterocycles. The number of carbonyl (C=O) groups excluding carboxylic acids is 1. The minimum absolute atomic E-state index is 0.0375. The monoisotopic (exact) mass is 365 g/mol. The van der Waals surface area contributed by atoms with Crippen LogP contribution in [0.15, 0.2) is 53.7 Å². The number of nitrogens with zero attached hydrogens (tertiary/aromatic N) is 2. The molecule has 1 N–H and O–H groups in total. The Morgan fingerprint density at radius 2 is 2.15 bits per heavy atom. The number of hydrogen-bond acceptors (Lipinski definition) is 3. The van der Waals surface area contributed by atoms with Crippen LogP contribution in [0.1, 0.15) is 30.1 Å². The number of carbonyl (C=O) groups is 1. The molecular weight excluding hydrogens is 342 g/mol. The van der Waals surface area contributed by atoms with Crippen molar-refractivity contribution in [3.05, 3.63) is 60.0 Å². The van der Waals surface area contributed by atoms with Gasteiger partial charge in [0.1, 0.15) is 0 Å². The number of fused-ring (bicyclic) bond motifs is 1. The first kappa shape index (κ1) is 17.2. The van der Waals surface area contributed by atoms with Gasteiger partial charge in [-0.05, 0) is 49.4 Å². The third-order valence-electron chi connectivity index (χ3n) is 4.88. The number of pyridine rings is 1. The molecule has 0 radical (unpaired) electrons. The second-order valence-electron chi connectivity index (χ2n) is 7.05. The molecule has 3 aromatic rings. The van der Waals surface area contributed by atoms with Gasteiger partial charge in [0, 0.05) is 35.2 Å². The van der Waals surface area contributed by atoms with Crippen LogP contribution in [0.2, 0.25) is 0 Å². The van der Waals surface area contributed by atoms with E-state index in [1.165, 1.54) is 16.5 Å². The van der Waals surface area contributed by atoms with Crippen molar-refractivity contribution < 1.29 is 4.79 Å². The Labute approximate surface area is 158 Å². The summed E-state index contributed by atoms with van der Waals surface area (Å²) in [6.45, 7) is 2.06. The summed E-state index contributed by atoms with van der Waals surface area (Å²) < 4.78 is 2.11. The van der Waals surface area contributed by atoms with Crippen molar-refractivity contribution in [1.82, 2.24) is 14.9 Å². The summed E-state index contributed by atoms with van der Waals surface area (Å²) in [4.78, 5) is 18.2. The van der Waals surface area contributed by atoms with Gasteiger partial charge < -0.3 is 9.88 Å². The predicted octanol–water partition coefficient (Wildman–Crippen LogP) is 4.24. The zero-order valence-corrected chi connectivity index (χ0v) is 15.9. The second kappa shape index (κ2) is 7.16. The highest BCUT2D eigenvalue weighted by molar-refractivity contribution is 8.00. The quantitative estimate of drug-likeness (QED) is 0.665. The molecule has 0 unspecified atom stereocenters. The van der Waals surface area contributed by atoms with E-state index in [0.29, 0.717) is 11.7 Å². The molecule has 1 saturated carbocycles. The van der Waals surface area contributed by atoms with Crippen LogP contribution in [0.3, 0.4) is 0 Å². The lowest BCUT2D eigenvalue weighted by Gasteiger charge is -2.18. The highest BCUT2D eigenvalue weighted by Gasteiger charge is 2.34. The molecule has 0 spiro atoms. The maximum absolute atomic E-state index is 12.6. The van der Waals surface area contributed by atoms with Gasteiger partial charge >= 0.3 is 0 Å². The van der Waals surface area contributed by atoms with Crippen LogP contribution in [0.4, 0.5) is 0 Å². The Balaban J connectivity index is 1.44. The average molecular weight is 366 g/mol. The fourth-order valence-electron chi connectivity index (χ4n) is 3.37. The van der Waals surface area contributed by atoms with Crippen molar-refractivity contribution in [1.29, 1.82) is 0 Å².